The van der Waals surface area contributed by atoms with E-state index in [4.69, 9.17) is 4.74 Å². The first kappa shape index (κ1) is 14.4. The highest BCUT2D eigenvalue weighted by Gasteiger charge is 2.46. The van der Waals surface area contributed by atoms with Gasteiger partial charge < -0.3 is 14.5 Å². The van der Waals surface area contributed by atoms with Gasteiger partial charge in [0.25, 0.3) is 5.91 Å². The number of likely N-dealkylation sites (N-methyl/N-ethyl adjacent to an activating group) is 1. The minimum absolute atomic E-state index is 0.0573. The second-order valence-corrected chi connectivity index (χ2v) is 5.72. The van der Waals surface area contributed by atoms with Gasteiger partial charge in [-0.1, -0.05) is 6.92 Å². The number of fused-ring (bicyclic) bond motifs is 1. The number of carbonyl (C=O) groups is 1. The molecule has 1 amide bonds. The lowest BCUT2D eigenvalue weighted by Gasteiger charge is -2.40. The lowest BCUT2D eigenvalue weighted by Crippen LogP contribution is -2.53. The standard InChI is InChI=1S/C15H22N4O2/c1-3-18-9-11-12(10-18)19(8-5-13(11)21-2)15(20)14-16-6-4-7-17-14/h4,6-7,11-13H,3,5,8-10H2,1-2H3/t11-,12+,13-/m1/s1. The van der Waals surface area contributed by atoms with E-state index in [2.05, 4.69) is 21.8 Å². The molecule has 0 bridgehead atoms. The number of rotatable bonds is 3. The van der Waals surface area contributed by atoms with Gasteiger partial charge in [-0.15, -0.1) is 0 Å². The molecule has 1 aromatic heterocycles. The Labute approximate surface area is 125 Å². The normalized spacial score (nSPS) is 29.4. The molecule has 114 valence electrons. The fourth-order valence-electron chi connectivity index (χ4n) is 3.58. The topological polar surface area (TPSA) is 58.6 Å². The van der Waals surface area contributed by atoms with Gasteiger partial charge >= 0.3 is 0 Å². The smallest absolute Gasteiger partial charge is 0.291 e. The maximum Gasteiger partial charge on any atom is 0.291 e. The maximum atomic E-state index is 12.7. The fourth-order valence-corrected chi connectivity index (χ4v) is 3.58. The molecule has 21 heavy (non-hydrogen) atoms. The molecule has 3 heterocycles. The van der Waals surface area contributed by atoms with Crippen LogP contribution in [0.2, 0.25) is 0 Å². The number of carbonyl (C=O) groups excluding carboxylic acids is 1. The highest BCUT2D eigenvalue weighted by atomic mass is 16.5. The SMILES string of the molecule is CCN1C[C@H]2[C@H](OC)CCN(C(=O)c3ncccn3)[C@H]2C1. The molecule has 6 nitrogen and oxygen atoms in total. The summed E-state index contributed by atoms with van der Waals surface area (Å²) in [5.41, 5.74) is 0. The van der Waals surface area contributed by atoms with E-state index in [0.717, 1.165) is 26.1 Å². The molecule has 3 rings (SSSR count). The van der Waals surface area contributed by atoms with Crippen molar-refractivity contribution >= 4 is 5.91 Å². The van der Waals surface area contributed by atoms with E-state index in [1.165, 1.54) is 0 Å². The first-order chi connectivity index (χ1) is 10.2. The number of amides is 1. The third-order valence-electron chi connectivity index (χ3n) is 4.71. The third-order valence-corrected chi connectivity index (χ3v) is 4.71. The Morgan fingerprint density at radius 2 is 2.14 bits per heavy atom. The number of hydrogen-bond acceptors (Lipinski definition) is 5. The molecule has 2 aliphatic heterocycles. The van der Waals surface area contributed by atoms with Crippen LogP contribution in [0, 0.1) is 5.92 Å². The predicted octanol–water partition coefficient (Wildman–Crippen LogP) is 0.658. The van der Waals surface area contributed by atoms with Gasteiger partial charge in [-0.3, -0.25) is 4.79 Å². The summed E-state index contributed by atoms with van der Waals surface area (Å²) in [7, 11) is 1.77. The number of likely N-dealkylation sites (tertiary alicyclic amines) is 2. The molecule has 0 saturated carbocycles. The Hall–Kier alpha value is -1.53. The number of aromatic nitrogens is 2. The molecule has 0 unspecified atom stereocenters. The van der Waals surface area contributed by atoms with E-state index in [-0.39, 0.29) is 18.1 Å². The van der Waals surface area contributed by atoms with Crippen molar-refractivity contribution in [1.82, 2.24) is 19.8 Å². The molecule has 3 atom stereocenters. The van der Waals surface area contributed by atoms with Crippen molar-refractivity contribution in [2.45, 2.75) is 25.5 Å². The van der Waals surface area contributed by atoms with Crippen molar-refractivity contribution in [2.24, 2.45) is 5.92 Å². The van der Waals surface area contributed by atoms with Crippen LogP contribution in [0.1, 0.15) is 24.0 Å². The van der Waals surface area contributed by atoms with Crippen molar-refractivity contribution in [2.75, 3.05) is 33.3 Å². The van der Waals surface area contributed by atoms with E-state index in [9.17, 15) is 4.79 Å². The Balaban J connectivity index is 1.81. The van der Waals surface area contributed by atoms with Crippen molar-refractivity contribution < 1.29 is 9.53 Å². The van der Waals surface area contributed by atoms with Crippen LogP contribution in [0.4, 0.5) is 0 Å². The number of methoxy groups -OCH3 is 1. The fraction of sp³-hybridized carbons (Fsp3) is 0.667. The van der Waals surface area contributed by atoms with Crippen LogP contribution in [0.15, 0.2) is 18.5 Å². The minimum Gasteiger partial charge on any atom is -0.381 e. The Kier molecular flexibility index (Phi) is 4.17. The third kappa shape index (κ3) is 2.65. The van der Waals surface area contributed by atoms with Gasteiger partial charge in [0.05, 0.1) is 12.1 Å². The van der Waals surface area contributed by atoms with E-state index in [1.807, 2.05) is 4.90 Å². The summed E-state index contributed by atoms with van der Waals surface area (Å²) in [6.45, 7) is 5.80. The second-order valence-electron chi connectivity index (χ2n) is 5.72. The zero-order chi connectivity index (χ0) is 14.8. The number of nitrogens with zero attached hydrogens (tertiary/aromatic N) is 4. The van der Waals surface area contributed by atoms with Gasteiger partial charge in [0, 0.05) is 45.1 Å². The Morgan fingerprint density at radius 3 is 2.81 bits per heavy atom. The minimum atomic E-state index is -0.0573. The van der Waals surface area contributed by atoms with Crippen molar-refractivity contribution in [3.8, 4) is 0 Å². The largest absolute Gasteiger partial charge is 0.381 e. The van der Waals surface area contributed by atoms with E-state index < -0.39 is 0 Å². The van der Waals surface area contributed by atoms with E-state index in [0.29, 0.717) is 18.3 Å². The summed E-state index contributed by atoms with van der Waals surface area (Å²) in [6.07, 6.45) is 4.36. The van der Waals surface area contributed by atoms with Crippen LogP contribution in [0.3, 0.4) is 0 Å². The van der Waals surface area contributed by atoms with Gasteiger partial charge in [0.2, 0.25) is 5.82 Å². The lowest BCUT2D eigenvalue weighted by molar-refractivity contribution is -0.0160. The number of hydrogen-bond donors (Lipinski definition) is 0. The summed E-state index contributed by atoms with van der Waals surface area (Å²) in [5.74, 6) is 0.622. The number of piperidine rings is 1. The molecule has 0 N–H and O–H groups in total. The van der Waals surface area contributed by atoms with Crippen molar-refractivity contribution in [1.29, 1.82) is 0 Å². The summed E-state index contributed by atoms with van der Waals surface area (Å²) < 4.78 is 5.64. The molecule has 6 heteroatoms. The average molecular weight is 290 g/mol. The monoisotopic (exact) mass is 290 g/mol. The van der Waals surface area contributed by atoms with Crippen LogP contribution >= 0.6 is 0 Å². The number of ether oxygens (including phenoxy) is 1. The predicted molar refractivity (Wildman–Crippen MR) is 77.9 cm³/mol. The molecule has 2 fully saturated rings. The van der Waals surface area contributed by atoms with Crippen LogP contribution in [-0.4, -0.2) is 71.1 Å². The summed E-state index contributed by atoms with van der Waals surface area (Å²) >= 11 is 0. The molecular formula is C15H22N4O2. The molecule has 2 aliphatic rings. The van der Waals surface area contributed by atoms with Gasteiger partial charge in [-0.05, 0) is 19.0 Å². The first-order valence-corrected chi connectivity index (χ1v) is 7.57. The van der Waals surface area contributed by atoms with Crippen molar-refractivity contribution in [3.63, 3.8) is 0 Å². The van der Waals surface area contributed by atoms with Crippen LogP contribution in [0.25, 0.3) is 0 Å². The van der Waals surface area contributed by atoms with Gasteiger partial charge in [0.1, 0.15) is 0 Å². The van der Waals surface area contributed by atoms with Gasteiger partial charge in [-0.2, -0.15) is 0 Å². The zero-order valence-electron chi connectivity index (χ0n) is 12.6. The van der Waals surface area contributed by atoms with Crippen LogP contribution in [-0.2, 0) is 4.74 Å². The molecule has 1 aromatic rings. The second kappa shape index (κ2) is 6.07. The lowest BCUT2D eigenvalue weighted by atomic mass is 9.89. The van der Waals surface area contributed by atoms with E-state index >= 15 is 0 Å². The maximum absolute atomic E-state index is 12.7. The highest BCUT2D eigenvalue weighted by Crippen LogP contribution is 2.32. The summed E-state index contributed by atoms with van der Waals surface area (Å²) in [4.78, 5) is 25.2. The summed E-state index contributed by atoms with van der Waals surface area (Å²) in [6, 6.07) is 1.94. The first-order valence-electron chi connectivity index (χ1n) is 7.57. The molecule has 2 saturated heterocycles. The van der Waals surface area contributed by atoms with Gasteiger partial charge in [-0.25, -0.2) is 9.97 Å². The zero-order valence-corrected chi connectivity index (χ0v) is 12.6. The average Bonchev–Trinajstić information content (AvgIpc) is 2.98. The van der Waals surface area contributed by atoms with Crippen LogP contribution < -0.4 is 0 Å². The Bertz CT molecular complexity index is 496. The molecular weight excluding hydrogens is 268 g/mol. The van der Waals surface area contributed by atoms with Gasteiger partial charge in [0.15, 0.2) is 0 Å². The van der Waals surface area contributed by atoms with Crippen molar-refractivity contribution in [3.05, 3.63) is 24.3 Å². The molecule has 0 spiro atoms. The quantitative estimate of drug-likeness (QED) is 0.818. The van der Waals surface area contributed by atoms with E-state index in [1.54, 1.807) is 25.6 Å². The van der Waals surface area contributed by atoms with Crippen LogP contribution in [0.5, 0.6) is 0 Å². The molecule has 0 aromatic carbocycles. The molecule has 0 radical (unpaired) electrons. The summed E-state index contributed by atoms with van der Waals surface area (Å²) in [5, 5.41) is 0. The Morgan fingerprint density at radius 1 is 1.38 bits per heavy atom. The molecule has 0 aliphatic carbocycles. The highest BCUT2D eigenvalue weighted by molar-refractivity contribution is 5.90.